The molecule has 1 aromatic carbocycles. The van der Waals surface area contributed by atoms with E-state index in [1.807, 2.05) is 12.1 Å². The number of halogens is 1. The Bertz CT molecular complexity index is 392. The normalized spacial score (nSPS) is 14.2. The Balaban J connectivity index is 2.30. The summed E-state index contributed by atoms with van der Waals surface area (Å²) in [5, 5.41) is 0. The maximum atomic E-state index is 13.4. The van der Waals surface area contributed by atoms with E-state index in [0.717, 1.165) is 24.8 Å². The Kier molecular flexibility index (Phi) is 5.99. The van der Waals surface area contributed by atoms with Crippen molar-refractivity contribution in [1.29, 1.82) is 0 Å². The van der Waals surface area contributed by atoms with Crippen LogP contribution in [0.25, 0.3) is 0 Å². The van der Waals surface area contributed by atoms with Crippen LogP contribution in [0, 0.1) is 11.7 Å². The van der Waals surface area contributed by atoms with Crippen molar-refractivity contribution < 1.29 is 9.18 Å². The van der Waals surface area contributed by atoms with E-state index >= 15 is 0 Å². The first kappa shape index (κ1) is 14.8. The van der Waals surface area contributed by atoms with Gasteiger partial charge in [0.05, 0.1) is 6.04 Å². The number of hydrogen-bond acceptors (Lipinski definition) is 2. The van der Waals surface area contributed by atoms with Crippen molar-refractivity contribution >= 4 is 5.78 Å². The average Bonchev–Trinajstić information content (AvgIpc) is 2.31. The molecule has 2 atom stereocenters. The minimum absolute atomic E-state index is 0.0379. The molecule has 0 saturated carbocycles. The highest BCUT2D eigenvalue weighted by molar-refractivity contribution is 5.81. The maximum absolute atomic E-state index is 13.4. The van der Waals surface area contributed by atoms with Crippen LogP contribution < -0.4 is 5.73 Å². The second kappa shape index (κ2) is 7.27. The maximum Gasteiger partial charge on any atom is 0.146 e. The predicted octanol–water partition coefficient (Wildman–Crippen LogP) is 3.09. The van der Waals surface area contributed by atoms with Gasteiger partial charge in [-0.05, 0) is 43.7 Å². The lowest BCUT2D eigenvalue weighted by molar-refractivity contribution is -0.118. The summed E-state index contributed by atoms with van der Waals surface area (Å²) in [6.45, 7) is 3.61. The summed E-state index contributed by atoms with van der Waals surface area (Å²) in [5.41, 5.74) is 6.48. The van der Waals surface area contributed by atoms with E-state index in [1.54, 1.807) is 6.07 Å². The molecule has 0 unspecified atom stereocenters. The molecule has 1 aromatic rings. The van der Waals surface area contributed by atoms with Crippen LogP contribution in [0.15, 0.2) is 24.3 Å². The van der Waals surface area contributed by atoms with Gasteiger partial charge in [0, 0.05) is 0 Å². The average molecular weight is 251 g/mol. The molecule has 0 bridgehead atoms. The molecular weight excluding hydrogens is 229 g/mol. The molecule has 0 radical (unpaired) electrons. The molecule has 0 heterocycles. The Morgan fingerprint density at radius 3 is 2.67 bits per heavy atom. The lowest BCUT2D eigenvalue weighted by Crippen LogP contribution is -2.30. The van der Waals surface area contributed by atoms with Crippen molar-refractivity contribution in [2.24, 2.45) is 11.7 Å². The number of ketones is 1. The number of benzene rings is 1. The Morgan fingerprint density at radius 2 is 2.06 bits per heavy atom. The van der Waals surface area contributed by atoms with Crippen LogP contribution in [-0.4, -0.2) is 11.8 Å². The molecule has 0 amide bonds. The third-order valence-electron chi connectivity index (χ3n) is 3.28. The van der Waals surface area contributed by atoms with Crippen LogP contribution in [0.4, 0.5) is 4.39 Å². The Hall–Kier alpha value is -1.22. The Morgan fingerprint density at radius 1 is 1.39 bits per heavy atom. The van der Waals surface area contributed by atoms with E-state index in [2.05, 4.69) is 6.92 Å². The summed E-state index contributed by atoms with van der Waals surface area (Å²) in [7, 11) is 0. The number of rotatable bonds is 7. The van der Waals surface area contributed by atoms with Crippen LogP contribution in [0.3, 0.4) is 0 Å². The third-order valence-corrected chi connectivity index (χ3v) is 3.28. The van der Waals surface area contributed by atoms with Gasteiger partial charge in [0.1, 0.15) is 11.6 Å². The molecule has 100 valence electrons. The van der Waals surface area contributed by atoms with E-state index in [4.69, 9.17) is 5.73 Å². The van der Waals surface area contributed by atoms with Gasteiger partial charge in [0.15, 0.2) is 0 Å². The second-order valence-electron chi connectivity index (χ2n) is 5.04. The van der Waals surface area contributed by atoms with E-state index in [9.17, 15) is 9.18 Å². The van der Waals surface area contributed by atoms with Crippen molar-refractivity contribution in [3.05, 3.63) is 35.6 Å². The van der Waals surface area contributed by atoms with E-state index in [-0.39, 0.29) is 17.6 Å². The number of hydrogen-bond donors (Lipinski definition) is 1. The zero-order chi connectivity index (χ0) is 13.5. The highest BCUT2D eigenvalue weighted by Gasteiger charge is 2.13. The van der Waals surface area contributed by atoms with Gasteiger partial charge < -0.3 is 5.73 Å². The van der Waals surface area contributed by atoms with Gasteiger partial charge >= 0.3 is 0 Å². The quantitative estimate of drug-likeness (QED) is 0.809. The SMILES string of the molecule is CC(=O)[C@@H](N)C[C@H](C)CCCc1ccccc1F. The summed E-state index contributed by atoms with van der Waals surface area (Å²) >= 11 is 0. The van der Waals surface area contributed by atoms with Gasteiger partial charge in [0.2, 0.25) is 0 Å². The zero-order valence-corrected chi connectivity index (χ0v) is 11.2. The molecule has 0 fully saturated rings. The lowest BCUT2D eigenvalue weighted by atomic mass is 9.94. The molecule has 0 aliphatic carbocycles. The minimum atomic E-state index is -0.353. The van der Waals surface area contributed by atoms with Gasteiger partial charge in [-0.25, -0.2) is 4.39 Å². The third kappa shape index (κ3) is 4.96. The van der Waals surface area contributed by atoms with E-state index in [1.165, 1.54) is 13.0 Å². The van der Waals surface area contributed by atoms with Crippen LogP contribution in [0.5, 0.6) is 0 Å². The fourth-order valence-electron chi connectivity index (χ4n) is 2.06. The molecule has 0 saturated heterocycles. The summed E-state index contributed by atoms with van der Waals surface area (Å²) in [5.74, 6) is 0.303. The predicted molar refractivity (Wildman–Crippen MR) is 71.8 cm³/mol. The van der Waals surface area contributed by atoms with Crippen molar-refractivity contribution in [2.75, 3.05) is 0 Å². The lowest BCUT2D eigenvalue weighted by Gasteiger charge is -2.15. The fourth-order valence-corrected chi connectivity index (χ4v) is 2.06. The highest BCUT2D eigenvalue weighted by atomic mass is 19.1. The molecule has 1 rings (SSSR count). The molecule has 0 spiro atoms. The first-order valence-electron chi connectivity index (χ1n) is 6.50. The zero-order valence-electron chi connectivity index (χ0n) is 11.2. The van der Waals surface area contributed by atoms with Gasteiger partial charge in [-0.1, -0.05) is 31.5 Å². The van der Waals surface area contributed by atoms with Gasteiger partial charge in [-0.15, -0.1) is 0 Å². The smallest absolute Gasteiger partial charge is 0.146 e. The van der Waals surface area contributed by atoms with Crippen LogP contribution >= 0.6 is 0 Å². The first-order chi connectivity index (χ1) is 8.50. The van der Waals surface area contributed by atoms with Crippen molar-refractivity contribution in [3.8, 4) is 0 Å². The summed E-state index contributed by atoms with van der Waals surface area (Å²) in [6, 6.07) is 6.51. The second-order valence-corrected chi connectivity index (χ2v) is 5.04. The van der Waals surface area contributed by atoms with Crippen molar-refractivity contribution in [1.82, 2.24) is 0 Å². The molecule has 0 aliphatic heterocycles. The standard InChI is InChI=1S/C15H22FNO/c1-11(10-15(17)12(2)18)6-5-8-13-7-3-4-9-14(13)16/h3-4,7,9,11,15H,5-6,8,10,17H2,1-2H3/t11-,15+/m1/s1. The fraction of sp³-hybridized carbons (Fsp3) is 0.533. The van der Waals surface area contributed by atoms with Crippen molar-refractivity contribution in [3.63, 3.8) is 0 Å². The molecule has 0 aromatic heterocycles. The molecule has 2 N–H and O–H groups in total. The topological polar surface area (TPSA) is 43.1 Å². The number of aryl methyl sites for hydroxylation is 1. The molecule has 3 heteroatoms. The van der Waals surface area contributed by atoms with Gasteiger partial charge in [-0.3, -0.25) is 4.79 Å². The largest absolute Gasteiger partial charge is 0.322 e. The van der Waals surface area contributed by atoms with E-state index < -0.39 is 0 Å². The first-order valence-corrected chi connectivity index (χ1v) is 6.50. The summed E-state index contributed by atoms with van der Waals surface area (Å²) in [6.07, 6.45) is 3.35. The summed E-state index contributed by atoms with van der Waals surface area (Å²) < 4.78 is 13.4. The number of carbonyl (C=O) groups excluding carboxylic acids is 1. The summed E-state index contributed by atoms with van der Waals surface area (Å²) in [4.78, 5) is 11.0. The Labute approximate surface area is 108 Å². The van der Waals surface area contributed by atoms with Crippen LogP contribution in [0.2, 0.25) is 0 Å². The minimum Gasteiger partial charge on any atom is -0.322 e. The molecule has 2 nitrogen and oxygen atoms in total. The molecule has 18 heavy (non-hydrogen) atoms. The van der Waals surface area contributed by atoms with Crippen LogP contribution in [-0.2, 0) is 11.2 Å². The van der Waals surface area contributed by atoms with Gasteiger partial charge in [0.25, 0.3) is 0 Å². The van der Waals surface area contributed by atoms with Crippen molar-refractivity contribution in [2.45, 2.75) is 45.6 Å². The number of nitrogens with two attached hydrogens (primary N) is 1. The molecular formula is C15H22FNO. The van der Waals surface area contributed by atoms with Gasteiger partial charge in [-0.2, -0.15) is 0 Å². The van der Waals surface area contributed by atoms with E-state index in [0.29, 0.717) is 12.3 Å². The number of carbonyl (C=O) groups is 1. The molecule has 0 aliphatic rings. The van der Waals surface area contributed by atoms with Crippen LogP contribution in [0.1, 0.15) is 38.7 Å². The highest BCUT2D eigenvalue weighted by Crippen LogP contribution is 2.16. The number of Topliss-reactive ketones (excluding diaryl/α,β-unsaturated/α-hetero) is 1. The monoisotopic (exact) mass is 251 g/mol.